The molecule has 0 fully saturated rings. The van der Waals surface area contributed by atoms with Crippen LogP contribution in [0.1, 0.15) is 105 Å². The smallest absolute Gasteiger partial charge is 0.408 e. The van der Waals surface area contributed by atoms with Crippen LogP contribution in [-0.2, 0) is 19.1 Å². The molecule has 0 aromatic rings. The van der Waals surface area contributed by atoms with Crippen LogP contribution in [0.15, 0.2) is 0 Å². The Morgan fingerprint density at radius 2 is 1.31 bits per heavy atom. The Morgan fingerprint density at radius 1 is 0.812 bits per heavy atom. The van der Waals surface area contributed by atoms with E-state index >= 15 is 0 Å². The van der Waals surface area contributed by atoms with E-state index in [1.54, 1.807) is 20.8 Å². The van der Waals surface area contributed by atoms with Crippen molar-refractivity contribution in [1.29, 1.82) is 0 Å². The number of rotatable bonds is 18. The highest BCUT2D eigenvalue weighted by atomic mass is 16.6. The van der Waals surface area contributed by atoms with Crippen molar-refractivity contribution >= 4 is 23.6 Å². The molecule has 0 aliphatic carbocycles. The van der Waals surface area contributed by atoms with E-state index in [9.17, 15) is 24.3 Å². The lowest BCUT2D eigenvalue weighted by atomic mass is 10.0. The average Bonchev–Trinajstić information content (AvgIpc) is 2.70. The molecule has 3 N–H and O–H groups in total. The zero-order valence-corrected chi connectivity index (χ0v) is 20.5. The molecule has 8 heteroatoms. The lowest BCUT2D eigenvalue weighted by molar-refractivity contribution is -0.124. The fourth-order valence-corrected chi connectivity index (χ4v) is 3.09. The van der Waals surface area contributed by atoms with Crippen molar-refractivity contribution in [2.45, 2.75) is 116 Å². The first-order valence-electron chi connectivity index (χ1n) is 12.0. The van der Waals surface area contributed by atoms with Crippen LogP contribution in [0.25, 0.3) is 0 Å². The lowest BCUT2D eigenvalue weighted by Crippen LogP contribution is -2.50. The highest BCUT2D eigenvalue weighted by molar-refractivity contribution is 5.86. The average molecular weight is 457 g/mol. The molecule has 0 aromatic carbocycles. The summed E-state index contributed by atoms with van der Waals surface area (Å²) < 4.78 is 5.06. The minimum Gasteiger partial charge on any atom is -0.444 e. The zero-order chi connectivity index (χ0) is 24.4. The molecule has 0 saturated carbocycles. The lowest BCUT2D eigenvalue weighted by Gasteiger charge is -2.22. The summed E-state index contributed by atoms with van der Waals surface area (Å²) in [5.41, 5.74) is -0.712. The highest BCUT2D eigenvalue weighted by Gasteiger charge is 2.23. The summed E-state index contributed by atoms with van der Waals surface area (Å²) in [6.07, 6.45) is 9.18. The van der Waals surface area contributed by atoms with Gasteiger partial charge in [-0.15, -0.1) is 0 Å². The largest absolute Gasteiger partial charge is 0.444 e. The van der Waals surface area contributed by atoms with Gasteiger partial charge in [0.05, 0.1) is 6.61 Å². The van der Waals surface area contributed by atoms with Crippen LogP contribution in [0, 0.1) is 0 Å². The Balaban J connectivity index is 3.84. The Labute approximate surface area is 193 Å². The molecule has 0 radical (unpaired) electrons. The Morgan fingerprint density at radius 3 is 1.78 bits per heavy atom. The summed E-state index contributed by atoms with van der Waals surface area (Å²) in [7, 11) is 0. The Hall–Kier alpha value is -1.96. The van der Waals surface area contributed by atoms with Gasteiger partial charge in [0.25, 0.3) is 0 Å². The second-order valence-corrected chi connectivity index (χ2v) is 9.22. The molecule has 0 saturated heterocycles. The molecule has 0 rings (SSSR count). The maximum atomic E-state index is 12.1. The van der Waals surface area contributed by atoms with Gasteiger partial charge in [-0.05, 0) is 40.0 Å². The van der Waals surface area contributed by atoms with Gasteiger partial charge in [-0.2, -0.15) is 0 Å². The quantitative estimate of drug-likeness (QED) is 0.270. The van der Waals surface area contributed by atoms with Crippen LogP contribution in [0.5, 0.6) is 0 Å². The number of carbonyl (C=O) groups excluding carboxylic acids is 4. The van der Waals surface area contributed by atoms with Gasteiger partial charge in [0.1, 0.15) is 23.2 Å². The summed E-state index contributed by atoms with van der Waals surface area (Å²) in [4.78, 5) is 47.5. The number of ether oxygens (including phenoxy) is 1. The van der Waals surface area contributed by atoms with Crippen molar-refractivity contribution in [3.05, 3.63) is 0 Å². The Bertz CT molecular complexity index is 571. The molecule has 0 aliphatic heterocycles. The summed E-state index contributed by atoms with van der Waals surface area (Å²) in [6.45, 7) is 6.82. The van der Waals surface area contributed by atoms with Crippen LogP contribution in [0.2, 0.25) is 0 Å². The summed E-state index contributed by atoms with van der Waals surface area (Å²) in [5, 5.41) is 14.2. The molecule has 0 spiro atoms. The van der Waals surface area contributed by atoms with Crippen molar-refractivity contribution in [3.8, 4) is 0 Å². The molecule has 32 heavy (non-hydrogen) atoms. The first-order valence-corrected chi connectivity index (χ1v) is 12.0. The number of aliphatic hydroxyl groups excluding tert-OH is 1. The summed E-state index contributed by atoms with van der Waals surface area (Å²) >= 11 is 0. The second-order valence-electron chi connectivity index (χ2n) is 9.22. The van der Waals surface area contributed by atoms with Gasteiger partial charge in [-0.1, -0.05) is 39.0 Å². The molecule has 0 heterocycles. The van der Waals surface area contributed by atoms with Gasteiger partial charge in [0.15, 0.2) is 0 Å². The summed E-state index contributed by atoms with van der Waals surface area (Å²) in [5.74, 6) is -0.168. The number of aliphatic hydroxyl groups is 1. The molecule has 0 aromatic heterocycles. The number of unbranched alkanes of at least 4 members (excludes halogenated alkanes) is 6. The van der Waals surface area contributed by atoms with Crippen LogP contribution in [-0.4, -0.2) is 53.5 Å². The molecule has 2 amide bonds. The fraction of sp³-hybridized carbons (Fsp3) is 0.833. The molecular weight excluding hydrogens is 412 g/mol. The maximum absolute atomic E-state index is 12.1. The number of hydrogen-bond donors (Lipinski definition) is 3. The molecule has 0 aliphatic rings. The predicted molar refractivity (Wildman–Crippen MR) is 124 cm³/mol. The standard InChI is InChI=1S/C24H44N2O6/c1-5-6-7-10-13-19(28)14-11-8-9-12-15-20(29)16-17-25-22(30)21(18-27)26-23(31)32-24(2,3)4/h21,27H,5-18H2,1-4H3,(H,25,30)(H,26,31)/t21-/m0/s1. The number of alkyl carbamates (subject to hydrolysis) is 1. The third-order valence-electron chi connectivity index (χ3n) is 4.86. The van der Waals surface area contributed by atoms with Gasteiger partial charge in [0, 0.05) is 32.2 Å². The van der Waals surface area contributed by atoms with E-state index in [4.69, 9.17) is 4.74 Å². The van der Waals surface area contributed by atoms with E-state index in [0.29, 0.717) is 25.0 Å². The minimum absolute atomic E-state index is 0.0537. The molecule has 8 nitrogen and oxygen atoms in total. The number of nitrogens with one attached hydrogen (secondary N) is 2. The first-order chi connectivity index (χ1) is 15.1. The third-order valence-corrected chi connectivity index (χ3v) is 4.86. The number of ketones is 2. The predicted octanol–water partition coefficient (Wildman–Crippen LogP) is 3.83. The van der Waals surface area contributed by atoms with Crippen LogP contribution < -0.4 is 10.6 Å². The van der Waals surface area contributed by atoms with Crippen molar-refractivity contribution in [3.63, 3.8) is 0 Å². The monoisotopic (exact) mass is 456 g/mol. The SMILES string of the molecule is CCCCCCC(=O)CCCCCCC(=O)CCNC(=O)[C@H](CO)NC(=O)OC(C)(C)C. The van der Waals surface area contributed by atoms with E-state index in [-0.39, 0.29) is 18.7 Å². The van der Waals surface area contributed by atoms with Crippen molar-refractivity contribution in [1.82, 2.24) is 10.6 Å². The van der Waals surface area contributed by atoms with Gasteiger partial charge >= 0.3 is 6.09 Å². The van der Waals surface area contributed by atoms with Crippen molar-refractivity contribution < 1.29 is 29.0 Å². The molecular formula is C24H44N2O6. The van der Waals surface area contributed by atoms with Crippen LogP contribution in [0.3, 0.4) is 0 Å². The highest BCUT2D eigenvalue weighted by Crippen LogP contribution is 2.10. The second kappa shape index (κ2) is 17.6. The maximum Gasteiger partial charge on any atom is 0.408 e. The topological polar surface area (TPSA) is 122 Å². The molecule has 1 atom stereocenters. The van der Waals surface area contributed by atoms with Gasteiger partial charge in [0.2, 0.25) is 5.91 Å². The first kappa shape index (κ1) is 30.0. The van der Waals surface area contributed by atoms with E-state index in [1.165, 1.54) is 12.8 Å². The van der Waals surface area contributed by atoms with Gasteiger partial charge in [-0.3, -0.25) is 14.4 Å². The number of carbonyl (C=O) groups is 4. The number of hydrogen-bond acceptors (Lipinski definition) is 6. The van der Waals surface area contributed by atoms with Crippen molar-refractivity contribution in [2.75, 3.05) is 13.2 Å². The van der Waals surface area contributed by atoms with Crippen LogP contribution in [0.4, 0.5) is 4.79 Å². The molecule has 186 valence electrons. The van der Waals surface area contributed by atoms with E-state index in [2.05, 4.69) is 17.6 Å². The fourth-order valence-electron chi connectivity index (χ4n) is 3.09. The van der Waals surface area contributed by atoms with Crippen molar-refractivity contribution in [2.24, 2.45) is 0 Å². The van der Waals surface area contributed by atoms with Crippen LogP contribution >= 0.6 is 0 Å². The number of amides is 2. The summed E-state index contributed by atoms with van der Waals surface area (Å²) in [6, 6.07) is -1.13. The van der Waals surface area contributed by atoms with Gasteiger partial charge in [-0.25, -0.2) is 4.79 Å². The normalized spacial score (nSPS) is 12.2. The minimum atomic E-state index is -1.13. The Kier molecular flexibility index (Phi) is 16.5. The molecule has 0 unspecified atom stereocenters. The van der Waals surface area contributed by atoms with E-state index < -0.39 is 30.3 Å². The molecule has 0 bridgehead atoms. The van der Waals surface area contributed by atoms with E-state index in [0.717, 1.165) is 38.5 Å². The third kappa shape index (κ3) is 17.7. The van der Waals surface area contributed by atoms with E-state index in [1.807, 2.05) is 0 Å². The van der Waals surface area contributed by atoms with Gasteiger partial charge < -0.3 is 20.5 Å². The zero-order valence-electron chi connectivity index (χ0n) is 20.5. The number of Topliss-reactive ketones (excluding diaryl/α,β-unsaturated/α-hetero) is 2.